The number of para-hydroxylation sites is 1. The number of ether oxygens (including phenoxy) is 2. The van der Waals surface area contributed by atoms with Gasteiger partial charge in [-0.25, -0.2) is 4.79 Å². The van der Waals surface area contributed by atoms with E-state index in [1.54, 1.807) is 0 Å². The van der Waals surface area contributed by atoms with Crippen molar-refractivity contribution in [1.29, 1.82) is 0 Å². The molecule has 0 spiro atoms. The van der Waals surface area contributed by atoms with Crippen molar-refractivity contribution in [2.24, 2.45) is 0 Å². The minimum atomic E-state index is -4.62. The zero-order chi connectivity index (χ0) is 21.1. The third kappa shape index (κ3) is 5.49. The van der Waals surface area contributed by atoms with E-state index in [-0.39, 0.29) is 11.3 Å². The lowest BCUT2D eigenvalue weighted by Crippen LogP contribution is -2.24. The lowest BCUT2D eigenvalue weighted by Gasteiger charge is -2.15. The van der Waals surface area contributed by atoms with Gasteiger partial charge in [0, 0.05) is 14.0 Å². The normalized spacial score (nSPS) is 16.3. The van der Waals surface area contributed by atoms with E-state index in [9.17, 15) is 23.1 Å². The number of methoxy groups -OCH3 is 1. The highest BCUT2D eigenvalue weighted by Crippen LogP contribution is 2.22. The van der Waals surface area contributed by atoms with Crippen LogP contribution in [-0.4, -0.2) is 40.2 Å². The van der Waals surface area contributed by atoms with Crippen molar-refractivity contribution in [3.63, 3.8) is 0 Å². The molecular weight excluding hydrogens is 341 g/mol. The quantitative estimate of drug-likeness (QED) is 0.765. The molecule has 6 nitrogen and oxygen atoms in total. The topological polar surface area (TPSA) is 73.6 Å². The Balaban J connectivity index is 2.33. The van der Waals surface area contributed by atoms with Gasteiger partial charge in [-0.3, -0.25) is 4.68 Å². The Kier molecular flexibility index (Phi) is 4.73. The van der Waals surface area contributed by atoms with Crippen LogP contribution in [0, 0.1) is 0 Å². The highest BCUT2D eigenvalue weighted by atomic mass is 19.4. The van der Waals surface area contributed by atoms with Crippen molar-refractivity contribution in [2.45, 2.75) is 31.8 Å². The summed E-state index contributed by atoms with van der Waals surface area (Å²) in [5.41, 5.74) is -0.541. The fourth-order valence-electron chi connectivity index (χ4n) is 1.89. The third-order valence-electron chi connectivity index (χ3n) is 3.01. The number of aromatic nitrogens is 2. The molecule has 0 aliphatic carbocycles. The molecule has 0 fully saturated rings. The summed E-state index contributed by atoms with van der Waals surface area (Å²) in [4.78, 5) is 11.5. The van der Waals surface area contributed by atoms with E-state index in [0.717, 1.165) is 19.4 Å². The van der Waals surface area contributed by atoms with Gasteiger partial charge in [-0.2, -0.15) is 18.3 Å². The van der Waals surface area contributed by atoms with Gasteiger partial charge in [0.05, 0.1) is 15.5 Å². The number of aliphatic hydroxyl groups excluding tert-OH is 1. The standard InChI is InChI=1S/C16H17F3N2O4/c1-24-15(23)13(22)8-11-4-2-3-5-14(11)25-9-12-6-7-20-21(12)10-16(17,18)19/h2-7,13,22H,8-10H2,1H3/t13-/m0/s1/i8D,9D2/t8-,13+/m1. The Bertz CT molecular complexity index is 829. The van der Waals surface area contributed by atoms with Gasteiger partial charge in [-0.15, -0.1) is 0 Å². The molecule has 0 radical (unpaired) electrons. The molecule has 0 saturated heterocycles. The second kappa shape index (κ2) is 8.02. The summed E-state index contributed by atoms with van der Waals surface area (Å²) < 4.78 is 72.1. The maximum absolute atomic E-state index is 12.7. The van der Waals surface area contributed by atoms with Crippen molar-refractivity contribution in [2.75, 3.05) is 7.11 Å². The second-order valence-electron chi connectivity index (χ2n) is 4.87. The van der Waals surface area contributed by atoms with E-state index in [0.29, 0.717) is 4.68 Å². The van der Waals surface area contributed by atoms with Crippen LogP contribution in [-0.2, 0) is 29.0 Å². The van der Waals surface area contributed by atoms with Gasteiger partial charge < -0.3 is 14.6 Å². The van der Waals surface area contributed by atoms with E-state index in [1.165, 1.54) is 24.3 Å². The third-order valence-corrected chi connectivity index (χ3v) is 3.01. The van der Waals surface area contributed by atoms with E-state index in [4.69, 9.17) is 8.85 Å². The minimum Gasteiger partial charge on any atom is -0.487 e. The molecule has 9 heteroatoms. The van der Waals surface area contributed by atoms with Crippen LogP contribution >= 0.6 is 0 Å². The highest BCUT2D eigenvalue weighted by Gasteiger charge is 2.29. The first kappa shape index (κ1) is 14.8. The summed E-state index contributed by atoms with van der Waals surface area (Å²) >= 11 is 0. The number of esters is 1. The van der Waals surface area contributed by atoms with E-state index in [2.05, 4.69) is 9.84 Å². The molecule has 1 heterocycles. The first-order valence-electron chi connectivity index (χ1n) is 8.59. The zero-order valence-electron chi connectivity index (χ0n) is 16.0. The van der Waals surface area contributed by atoms with Crippen LogP contribution in [0.2, 0.25) is 0 Å². The highest BCUT2D eigenvalue weighted by molar-refractivity contribution is 5.74. The molecule has 2 atom stereocenters. The first-order chi connectivity index (χ1) is 13.0. The van der Waals surface area contributed by atoms with Crippen molar-refractivity contribution in [3.05, 3.63) is 47.8 Å². The molecule has 2 aromatic rings. The average molecular weight is 361 g/mol. The molecule has 1 aromatic heterocycles. The Hall–Kier alpha value is -2.55. The van der Waals surface area contributed by atoms with Gasteiger partial charge >= 0.3 is 12.1 Å². The fraction of sp³-hybridized carbons (Fsp3) is 0.375. The summed E-state index contributed by atoms with van der Waals surface area (Å²) in [5.74, 6) is -1.30. The number of alkyl halides is 3. The van der Waals surface area contributed by atoms with Crippen LogP contribution < -0.4 is 4.74 Å². The molecule has 136 valence electrons. The largest absolute Gasteiger partial charge is 0.487 e. The van der Waals surface area contributed by atoms with Crippen LogP contribution in [0.5, 0.6) is 5.75 Å². The van der Waals surface area contributed by atoms with Gasteiger partial charge in [-0.05, 0) is 17.7 Å². The van der Waals surface area contributed by atoms with Gasteiger partial charge in [0.2, 0.25) is 0 Å². The van der Waals surface area contributed by atoms with Crippen LogP contribution in [0.3, 0.4) is 0 Å². The number of nitrogens with zero attached hydrogens (tertiary/aromatic N) is 2. The molecular formula is C16H17F3N2O4. The van der Waals surface area contributed by atoms with Crippen molar-refractivity contribution in [1.82, 2.24) is 9.78 Å². The molecule has 0 amide bonds. The molecule has 2 rings (SSSR count). The SMILES string of the molecule is [2H][C@H](c1ccccc1OC([2H])([2H])c1ccnn1CC(F)(F)F)[C@H](O)C(=O)OC. The summed E-state index contributed by atoms with van der Waals surface area (Å²) in [6.45, 7) is -4.25. The Labute approximate surface area is 146 Å². The average Bonchev–Trinajstić information content (AvgIpc) is 3.07. The maximum atomic E-state index is 12.7. The maximum Gasteiger partial charge on any atom is 0.408 e. The smallest absolute Gasteiger partial charge is 0.408 e. The molecule has 1 N–H and O–H groups in total. The van der Waals surface area contributed by atoms with E-state index < -0.39 is 43.4 Å². The summed E-state index contributed by atoms with van der Waals surface area (Å²) in [6.07, 6.45) is -7.05. The second-order valence-corrected chi connectivity index (χ2v) is 4.87. The number of hydrogen-bond acceptors (Lipinski definition) is 5. The zero-order valence-corrected chi connectivity index (χ0v) is 13.0. The first-order valence-corrected chi connectivity index (χ1v) is 7.01. The predicted molar refractivity (Wildman–Crippen MR) is 80.8 cm³/mol. The molecule has 1 aromatic carbocycles. The number of halogens is 3. The van der Waals surface area contributed by atoms with Gasteiger partial charge in [-0.1, -0.05) is 18.2 Å². The molecule has 0 saturated carbocycles. The Morgan fingerprint density at radius 2 is 2.12 bits per heavy atom. The van der Waals surface area contributed by atoms with E-state index in [1.807, 2.05) is 0 Å². The van der Waals surface area contributed by atoms with Crippen molar-refractivity contribution < 1.29 is 36.7 Å². The monoisotopic (exact) mass is 361 g/mol. The van der Waals surface area contributed by atoms with E-state index >= 15 is 0 Å². The summed E-state index contributed by atoms with van der Waals surface area (Å²) in [6, 6.07) is 6.54. The number of carbonyl (C=O) groups is 1. The molecule has 0 bridgehead atoms. The van der Waals surface area contributed by atoms with Crippen molar-refractivity contribution in [3.8, 4) is 5.75 Å². The predicted octanol–water partition coefficient (Wildman–Crippen LogP) is 2.10. The molecule has 25 heavy (non-hydrogen) atoms. The van der Waals surface area contributed by atoms with Crippen LogP contribution in [0.4, 0.5) is 13.2 Å². The van der Waals surface area contributed by atoms with Crippen LogP contribution in [0.15, 0.2) is 36.5 Å². The number of carbonyl (C=O) groups excluding carboxylic acids is 1. The van der Waals surface area contributed by atoms with Gasteiger partial charge in [0.15, 0.2) is 6.10 Å². The number of hydrogen-bond donors (Lipinski definition) is 1. The molecule has 0 aliphatic rings. The Morgan fingerprint density at radius 1 is 1.40 bits per heavy atom. The molecule has 0 aliphatic heterocycles. The number of aliphatic hydroxyl groups is 1. The van der Waals surface area contributed by atoms with Crippen LogP contribution in [0.1, 0.15) is 15.4 Å². The molecule has 0 unspecified atom stereocenters. The minimum absolute atomic E-state index is 0.0499. The number of rotatable bonds is 7. The Morgan fingerprint density at radius 3 is 2.80 bits per heavy atom. The summed E-state index contributed by atoms with van der Waals surface area (Å²) in [7, 11) is 1.03. The lowest BCUT2D eigenvalue weighted by molar-refractivity contribution is -0.150. The lowest BCUT2D eigenvalue weighted by atomic mass is 10.1. The van der Waals surface area contributed by atoms with Crippen LogP contribution in [0.25, 0.3) is 0 Å². The van der Waals surface area contributed by atoms with Gasteiger partial charge in [0.1, 0.15) is 18.9 Å². The number of benzene rings is 1. The van der Waals surface area contributed by atoms with Crippen molar-refractivity contribution >= 4 is 5.97 Å². The summed E-state index contributed by atoms with van der Waals surface area (Å²) in [5, 5.41) is 13.3. The van der Waals surface area contributed by atoms with Gasteiger partial charge in [0.25, 0.3) is 0 Å². The fourth-order valence-corrected chi connectivity index (χ4v) is 1.89.